The number of carbonyl (C=O) groups excluding carboxylic acids is 1. The fourth-order valence-electron chi connectivity index (χ4n) is 2.05. The third kappa shape index (κ3) is 3.06. The summed E-state index contributed by atoms with van der Waals surface area (Å²) in [5.41, 5.74) is 0.579. The smallest absolute Gasteiger partial charge is 0.210 e. The fourth-order valence-corrected chi connectivity index (χ4v) is 2.89. The largest absolute Gasteiger partial charge is 0.493 e. The molecule has 1 aromatic heterocycles. The van der Waals surface area contributed by atoms with E-state index in [0.717, 1.165) is 12.8 Å². The van der Waals surface area contributed by atoms with E-state index >= 15 is 0 Å². The molecular formula is C14H16N4O3S. The molecule has 0 radical (unpaired) electrons. The summed E-state index contributed by atoms with van der Waals surface area (Å²) in [6.45, 7) is 0. The van der Waals surface area contributed by atoms with Crippen molar-refractivity contribution >= 4 is 17.5 Å². The van der Waals surface area contributed by atoms with E-state index in [1.54, 1.807) is 37.1 Å². The summed E-state index contributed by atoms with van der Waals surface area (Å²) in [4.78, 5) is 12.3. The molecule has 0 unspecified atom stereocenters. The first-order chi connectivity index (χ1) is 10.7. The molecule has 2 aromatic rings. The van der Waals surface area contributed by atoms with Gasteiger partial charge in [-0.05, 0) is 41.5 Å². The van der Waals surface area contributed by atoms with Crippen LogP contribution in [0.25, 0.3) is 0 Å². The van der Waals surface area contributed by atoms with Gasteiger partial charge >= 0.3 is 0 Å². The van der Waals surface area contributed by atoms with E-state index in [9.17, 15) is 4.79 Å². The first kappa shape index (κ1) is 14.8. The number of tetrazole rings is 1. The number of ether oxygens (including phenoxy) is 2. The van der Waals surface area contributed by atoms with E-state index in [-0.39, 0.29) is 11.5 Å². The molecule has 116 valence electrons. The van der Waals surface area contributed by atoms with Crippen molar-refractivity contribution in [3.8, 4) is 11.5 Å². The Hall–Kier alpha value is -2.09. The highest BCUT2D eigenvalue weighted by atomic mass is 32.2. The summed E-state index contributed by atoms with van der Waals surface area (Å²) in [5, 5.41) is 12.3. The number of carbonyl (C=O) groups is 1. The van der Waals surface area contributed by atoms with Crippen molar-refractivity contribution < 1.29 is 14.3 Å². The second-order valence-electron chi connectivity index (χ2n) is 4.92. The van der Waals surface area contributed by atoms with Gasteiger partial charge in [0.25, 0.3) is 0 Å². The van der Waals surface area contributed by atoms with Crippen LogP contribution in [-0.2, 0) is 0 Å². The Labute approximate surface area is 132 Å². The van der Waals surface area contributed by atoms with Crippen molar-refractivity contribution in [2.45, 2.75) is 24.0 Å². The van der Waals surface area contributed by atoms with Crippen molar-refractivity contribution in [1.82, 2.24) is 20.2 Å². The van der Waals surface area contributed by atoms with E-state index in [1.807, 2.05) is 0 Å². The van der Waals surface area contributed by atoms with Gasteiger partial charge in [0, 0.05) is 5.56 Å². The zero-order valence-electron chi connectivity index (χ0n) is 12.4. The van der Waals surface area contributed by atoms with E-state index in [4.69, 9.17) is 9.47 Å². The highest BCUT2D eigenvalue weighted by Crippen LogP contribution is 2.36. The average Bonchev–Trinajstić information content (AvgIpc) is 3.30. The van der Waals surface area contributed by atoms with Crippen LogP contribution in [0.4, 0.5) is 0 Å². The summed E-state index contributed by atoms with van der Waals surface area (Å²) >= 11 is 1.35. The molecule has 0 bridgehead atoms. The summed E-state index contributed by atoms with van der Waals surface area (Å²) in [6.07, 6.45) is 2.20. The van der Waals surface area contributed by atoms with Crippen LogP contribution in [0, 0.1) is 0 Å². The molecule has 1 saturated carbocycles. The number of thioether (sulfide) groups is 1. The number of ketones is 1. The second kappa shape index (κ2) is 6.35. The van der Waals surface area contributed by atoms with Crippen LogP contribution in [0.3, 0.4) is 0 Å². The molecule has 22 heavy (non-hydrogen) atoms. The quantitative estimate of drug-likeness (QED) is 0.570. The maximum absolute atomic E-state index is 12.3. The maximum Gasteiger partial charge on any atom is 0.210 e. The molecule has 7 nitrogen and oxygen atoms in total. The van der Waals surface area contributed by atoms with Crippen LogP contribution in [0.15, 0.2) is 23.4 Å². The topological polar surface area (TPSA) is 79.1 Å². The average molecular weight is 320 g/mol. The molecule has 0 atom stereocenters. The van der Waals surface area contributed by atoms with Gasteiger partial charge < -0.3 is 9.47 Å². The third-order valence-corrected chi connectivity index (χ3v) is 4.33. The van der Waals surface area contributed by atoms with Crippen LogP contribution in [-0.4, -0.2) is 46.0 Å². The number of rotatable bonds is 7. The van der Waals surface area contributed by atoms with Gasteiger partial charge in [-0.15, -0.1) is 5.10 Å². The Morgan fingerprint density at radius 2 is 2.09 bits per heavy atom. The first-order valence-electron chi connectivity index (χ1n) is 6.89. The molecule has 3 rings (SSSR count). The van der Waals surface area contributed by atoms with Gasteiger partial charge in [0.05, 0.1) is 26.0 Å². The number of benzene rings is 1. The molecule has 0 N–H and O–H groups in total. The van der Waals surface area contributed by atoms with E-state index in [1.165, 1.54) is 11.8 Å². The Kier molecular flexibility index (Phi) is 4.28. The molecule has 1 aromatic carbocycles. The Morgan fingerprint density at radius 1 is 1.32 bits per heavy atom. The minimum atomic E-state index is -0.00343. The number of aromatic nitrogens is 4. The van der Waals surface area contributed by atoms with Gasteiger partial charge in [-0.1, -0.05) is 11.8 Å². The van der Waals surface area contributed by atoms with Crippen LogP contribution in [0.1, 0.15) is 29.2 Å². The van der Waals surface area contributed by atoms with Gasteiger partial charge in [0.2, 0.25) is 5.16 Å². The monoisotopic (exact) mass is 320 g/mol. The standard InChI is InChI=1S/C14H16N4O3S/c1-20-12-6-3-9(7-13(12)21-2)11(19)8-22-14-15-16-17-18(14)10-4-5-10/h3,6-7,10H,4-5,8H2,1-2H3. The first-order valence-corrected chi connectivity index (χ1v) is 7.87. The van der Waals surface area contributed by atoms with Gasteiger partial charge in [-0.25, -0.2) is 4.68 Å². The highest BCUT2D eigenvalue weighted by Gasteiger charge is 2.28. The summed E-state index contributed by atoms with van der Waals surface area (Å²) < 4.78 is 12.2. The number of Topliss-reactive ketones (excluding diaryl/α,β-unsaturated/α-hetero) is 1. The van der Waals surface area contributed by atoms with Gasteiger partial charge in [-0.2, -0.15) is 0 Å². The van der Waals surface area contributed by atoms with Crippen molar-refractivity contribution in [3.05, 3.63) is 23.8 Å². The molecule has 1 aliphatic carbocycles. The van der Waals surface area contributed by atoms with Crippen molar-refractivity contribution in [2.75, 3.05) is 20.0 Å². The number of nitrogens with zero attached hydrogens (tertiary/aromatic N) is 4. The molecule has 0 saturated heterocycles. The summed E-state index contributed by atoms with van der Waals surface area (Å²) in [7, 11) is 3.11. The Bertz CT molecular complexity index is 684. The summed E-state index contributed by atoms with van der Waals surface area (Å²) in [6, 6.07) is 5.54. The lowest BCUT2D eigenvalue weighted by atomic mass is 10.1. The minimum Gasteiger partial charge on any atom is -0.493 e. The lowest BCUT2D eigenvalue weighted by Crippen LogP contribution is -2.05. The maximum atomic E-state index is 12.3. The zero-order valence-corrected chi connectivity index (χ0v) is 13.2. The molecule has 1 fully saturated rings. The number of methoxy groups -OCH3 is 2. The SMILES string of the molecule is COc1ccc(C(=O)CSc2nnnn2C2CC2)cc1OC. The van der Waals surface area contributed by atoms with Gasteiger partial charge in [0.1, 0.15) is 0 Å². The van der Waals surface area contributed by atoms with Crippen LogP contribution < -0.4 is 9.47 Å². The lowest BCUT2D eigenvalue weighted by molar-refractivity contribution is 0.102. The second-order valence-corrected chi connectivity index (χ2v) is 5.86. The van der Waals surface area contributed by atoms with Gasteiger partial charge in [-0.3, -0.25) is 4.79 Å². The highest BCUT2D eigenvalue weighted by molar-refractivity contribution is 7.99. The Morgan fingerprint density at radius 3 is 2.77 bits per heavy atom. The predicted octanol–water partition coefficient (Wildman–Crippen LogP) is 2.00. The van der Waals surface area contributed by atoms with Crippen LogP contribution in [0.2, 0.25) is 0 Å². The van der Waals surface area contributed by atoms with Crippen LogP contribution >= 0.6 is 11.8 Å². The lowest BCUT2D eigenvalue weighted by Gasteiger charge is -2.09. The molecule has 0 amide bonds. The molecule has 1 heterocycles. The van der Waals surface area contributed by atoms with E-state index in [2.05, 4.69) is 15.5 Å². The molecule has 1 aliphatic rings. The summed E-state index contributed by atoms with van der Waals surface area (Å²) in [5.74, 6) is 1.42. The Balaban J connectivity index is 1.67. The van der Waals surface area contributed by atoms with Gasteiger partial charge in [0.15, 0.2) is 17.3 Å². The van der Waals surface area contributed by atoms with Crippen molar-refractivity contribution in [1.29, 1.82) is 0 Å². The number of hydrogen-bond donors (Lipinski definition) is 0. The van der Waals surface area contributed by atoms with Crippen molar-refractivity contribution in [3.63, 3.8) is 0 Å². The van der Waals surface area contributed by atoms with E-state index in [0.29, 0.717) is 28.3 Å². The molecule has 8 heteroatoms. The number of hydrogen-bond acceptors (Lipinski definition) is 7. The van der Waals surface area contributed by atoms with Crippen molar-refractivity contribution in [2.24, 2.45) is 0 Å². The molecular weight excluding hydrogens is 304 g/mol. The van der Waals surface area contributed by atoms with Crippen LogP contribution in [0.5, 0.6) is 11.5 Å². The molecule has 0 spiro atoms. The van der Waals surface area contributed by atoms with E-state index < -0.39 is 0 Å². The fraction of sp³-hybridized carbons (Fsp3) is 0.429. The predicted molar refractivity (Wildman–Crippen MR) is 80.7 cm³/mol. The molecule has 0 aliphatic heterocycles. The third-order valence-electron chi connectivity index (χ3n) is 3.39. The minimum absolute atomic E-state index is 0.00343. The normalized spacial score (nSPS) is 13.9. The zero-order chi connectivity index (χ0) is 15.5.